The van der Waals surface area contributed by atoms with Gasteiger partial charge in [-0.1, -0.05) is 31.5 Å². The Morgan fingerprint density at radius 1 is 1.35 bits per heavy atom. The summed E-state index contributed by atoms with van der Waals surface area (Å²) in [5, 5.41) is 2.57. The maximum atomic E-state index is 12.1. The zero-order valence-electron chi connectivity index (χ0n) is 14.2. The van der Waals surface area contributed by atoms with Crippen LogP contribution in [0.2, 0.25) is 0 Å². The highest BCUT2D eigenvalue weighted by Gasteiger charge is 2.24. The number of rotatable bonds is 10. The Morgan fingerprint density at radius 3 is 2.65 bits per heavy atom. The van der Waals surface area contributed by atoms with Gasteiger partial charge < -0.3 is 15.0 Å². The predicted octanol–water partition coefficient (Wildman–Crippen LogP) is 2.00. The smallest absolute Gasteiger partial charge is 0.242 e. The summed E-state index contributed by atoms with van der Waals surface area (Å²) in [6, 6.07) is 5.46. The first-order valence-electron chi connectivity index (χ1n) is 8.02. The molecule has 1 aromatic carbocycles. The van der Waals surface area contributed by atoms with Crippen LogP contribution in [0.4, 0.5) is 0 Å². The molecule has 0 aromatic heterocycles. The summed E-state index contributed by atoms with van der Waals surface area (Å²) >= 11 is 0. The van der Waals surface area contributed by atoms with Crippen molar-refractivity contribution in [2.45, 2.75) is 52.1 Å². The van der Waals surface area contributed by atoms with Crippen LogP contribution in [0.5, 0.6) is 0 Å². The topological polar surface area (TPSA) is 66.5 Å². The summed E-state index contributed by atoms with van der Waals surface area (Å²) in [6.45, 7) is 4.50. The van der Waals surface area contributed by atoms with Crippen LogP contribution in [-0.4, -0.2) is 36.6 Å². The number of carbonyl (C=O) groups is 3. The Hall–Kier alpha value is -2.17. The molecular weight excluding hydrogens is 292 g/mol. The van der Waals surface area contributed by atoms with Gasteiger partial charge in [-0.05, 0) is 36.5 Å². The van der Waals surface area contributed by atoms with Gasteiger partial charge in [-0.3, -0.25) is 9.59 Å². The van der Waals surface area contributed by atoms with Crippen LogP contribution in [0.15, 0.2) is 18.2 Å². The molecule has 1 atom stereocenters. The first kappa shape index (κ1) is 18.9. The number of aryl methyl sites for hydroxylation is 2. The van der Waals surface area contributed by atoms with Crippen molar-refractivity contribution < 1.29 is 14.4 Å². The molecule has 0 saturated carbocycles. The van der Waals surface area contributed by atoms with Crippen LogP contribution in [0.3, 0.4) is 0 Å². The van der Waals surface area contributed by atoms with E-state index in [9.17, 15) is 14.4 Å². The van der Waals surface area contributed by atoms with E-state index in [2.05, 4.69) is 18.3 Å². The molecule has 1 unspecified atom stereocenters. The molecule has 0 aliphatic heterocycles. The van der Waals surface area contributed by atoms with E-state index in [1.807, 2.05) is 19.1 Å². The van der Waals surface area contributed by atoms with E-state index in [4.69, 9.17) is 0 Å². The van der Waals surface area contributed by atoms with Crippen molar-refractivity contribution in [1.29, 1.82) is 0 Å². The Balaban J connectivity index is 3.07. The van der Waals surface area contributed by atoms with E-state index in [1.165, 1.54) is 17.5 Å². The summed E-state index contributed by atoms with van der Waals surface area (Å²) in [4.78, 5) is 35.8. The molecule has 0 saturated heterocycles. The van der Waals surface area contributed by atoms with Crippen molar-refractivity contribution in [2.24, 2.45) is 0 Å². The minimum absolute atomic E-state index is 0.246. The summed E-state index contributed by atoms with van der Waals surface area (Å²) in [5.41, 5.74) is 3.39. The summed E-state index contributed by atoms with van der Waals surface area (Å²) < 4.78 is 0. The van der Waals surface area contributed by atoms with Crippen LogP contribution in [0.25, 0.3) is 0 Å². The molecule has 5 heteroatoms. The fourth-order valence-corrected chi connectivity index (χ4v) is 2.74. The normalized spacial score (nSPS) is 11.6. The zero-order chi connectivity index (χ0) is 17.2. The van der Waals surface area contributed by atoms with Crippen LogP contribution in [-0.2, 0) is 27.3 Å². The van der Waals surface area contributed by atoms with Crippen molar-refractivity contribution in [3.05, 3.63) is 34.9 Å². The molecule has 1 aromatic rings. The van der Waals surface area contributed by atoms with Gasteiger partial charge in [0.05, 0.1) is 0 Å². The maximum Gasteiger partial charge on any atom is 0.242 e. The average Bonchev–Trinajstić information content (AvgIpc) is 2.56. The first-order valence-corrected chi connectivity index (χ1v) is 8.02. The van der Waals surface area contributed by atoms with E-state index in [-0.39, 0.29) is 12.3 Å². The summed E-state index contributed by atoms with van der Waals surface area (Å²) in [7, 11) is 1.54. The monoisotopic (exact) mass is 318 g/mol. The molecule has 0 bridgehead atoms. The summed E-state index contributed by atoms with van der Waals surface area (Å²) in [5.74, 6) is -0.246. The second-order valence-electron chi connectivity index (χ2n) is 5.61. The largest absolute Gasteiger partial charge is 0.357 e. The van der Waals surface area contributed by atoms with Crippen molar-refractivity contribution in [3.8, 4) is 0 Å². The number of hydrogen-bond donors (Lipinski definition) is 1. The highest BCUT2D eigenvalue weighted by molar-refractivity contribution is 5.83. The Bertz CT molecular complexity index is 543. The quantitative estimate of drug-likeness (QED) is 0.671. The average molecular weight is 318 g/mol. The number of likely N-dealkylation sites (N-methyl/N-ethyl adjacent to an activating group) is 1. The van der Waals surface area contributed by atoms with E-state index in [0.29, 0.717) is 19.4 Å². The molecule has 23 heavy (non-hydrogen) atoms. The van der Waals surface area contributed by atoms with Crippen LogP contribution in [0, 0.1) is 6.92 Å². The van der Waals surface area contributed by atoms with Crippen LogP contribution >= 0.6 is 0 Å². The van der Waals surface area contributed by atoms with Gasteiger partial charge in [0.25, 0.3) is 0 Å². The lowest BCUT2D eigenvalue weighted by Crippen LogP contribution is -2.45. The molecule has 0 heterocycles. The lowest BCUT2D eigenvalue weighted by molar-refractivity contribution is -0.133. The number of benzene rings is 1. The number of nitrogens with zero attached hydrogens (tertiary/aromatic N) is 1. The standard InChI is InChI=1S/C18H26N2O3/c1-4-7-15-9-5-8-14(2)16(15)12-20(13-22)17(10-6-11-21)18(23)19-3/h5,8-9,11,13,17H,4,6-7,10,12H2,1-3H3,(H,19,23). The molecule has 0 fully saturated rings. The van der Waals surface area contributed by atoms with Gasteiger partial charge in [-0.15, -0.1) is 0 Å². The lowest BCUT2D eigenvalue weighted by atomic mass is 9.97. The van der Waals surface area contributed by atoms with Gasteiger partial charge in [0.2, 0.25) is 12.3 Å². The van der Waals surface area contributed by atoms with Gasteiger partial charge in [-0.2, -0.15) is 0 Å². The van der Waals surface area contributed by atoms with E-state index >= 15 is 0 Å². The minimum Gasteiger partial charge on any atom is -0.357 e. The number of aldehydes is 1. The van der Waals surface area contributed by atoms with Gasteiger partial charge in [0.15, 0.2) is 0 Å². The first-order chi connectivity index (χ1) is 11.1. The fraction of sp³-hybridized carbons (Fsp3) is 0.500. The molecule has 2 amide bonds. The van der Waals surface area contributed by atoms with Gasteiger partial charge in [0.1, 0.15) is 12.3 Å². The molecular formula is C18H26N2O3. The summed E-state index contributed by atoms with van der Waals surface area (Å²) in [6.07, 6.45) is 4.00. The maximum absolute atomic E-state index is 12.1. The third kappa shape index (κ3) is 5.20. The van der Waals surface area contributed by atoms with Gasteiger partial charge >= 0.3 is 0 Å². The number of nitrogens with one attached hydrogen (secondary N) is 1. The highest BCUT2D eigenvalue weighted by atomic mass is 16.2. The molecule has 5 nitrogen and oxygen atoms in total. The van der Waals surface area contributed by atoms with Gasteiger partial charge in [0, 0.05) is 20.0 Å². The Kier molecular flexibility index (Phi) is 8.02. The Labute approximate surface area is 138 Å². The van der Waals surface area contributed by atoms with E-state index in [1.54, 1.807) is 0 Å². The van der Waals surface area contributed by atoms with E-state index in [0.717, 1.165) is 30.3 Å². The van der Waals surface area contributed by atoms with Crippen molar-refractivity contribution in [1.82, 2.24) is 10.2 Å². The molecule has 0 spiro atoms. The van der Waals surface area contributed by atoms with Crippen LogP contribution < -0.4 is 5.32 Å². The number of carbonyl (C=O) groups excluding carboxylic acids is 3. The predicted molar refractivity (Wildman–Crippen MR) is 89.9 cm³/mol. The third-order valence-electron chi connectivity index (χ3n) is 4.01. The van der Waals surface area contributed by atoms with Crippen molar-refractivity contribution in [3.63, 3.8) is 0 Å². The highest BCUT2D eigenvalue weighted by Crippen LogP contribution is 2.20. The minimum atomic E-state index is -0.628. The molecule has 0 aliphatic carbocycles. The van der Waals surface area contributed by atoms with E-state index < -0.39 is 6.04 Å². The fourth-order valence-electron chi connectivity index (χ4n) is 2.74. The second-order valence-corrected chi connectivity index (χ2v) is 5.61. The Morgan fingerprint density at radius 2 is 2.09 bits per heavy atom. The SMILES string of the molecule is CCCc1cccc(C)c1CN(C=O)C(CCC=O)C(=O)NC. The molecule has 126 valence electrons. The van der Waals surface area contributed by atoms with Gasteiger partial charge in [-0.25, -0.2) is 0 Å². The molecule has 1 N–H and O–H groups in total. The molecule has 0 radical (unpaired) electrons. The lowest BCUT2D eigenvalue weighted by Gasteiger charge is -2.28. The van der Waals surface area contributed by atoms with Crippen molar-refractivity contribution >= 4 is 18.6 Å². The molecule has 0 aliphatic rings. The van der Waals surface area contributed by atoms with Crippen molar-refractivity contribution in [2.75, 3.05) is 7.05 Å². The number of hydrogen-bond acceptors (Lipinski definition) is 3. The zero-order valence-corrected chi connectivity index (χ0v) is 14.2. The van der Waals surface area contributed by atoms with Crippen LogP contribution in [0.1, 0.15) is 42.9 Å². The number of amides is 2. The third-order valence-corrected chi connectivity index (χ3v) is 4.01. The molecule has 1 rings (SSSR count). The second kappa shape index (κ2) is 9.77.